The third kappa shape index (κ3) is 3.65. The number of carbonyl (C=O) groups is 1. The standard InChI is InChI=1S/C16H11F3N4O2/c17-16(18,19)15(25)21-10-1-2-11-12(8-10)14(24)23-22-13(11)7-9-3-5-20-6-4-9/h1-6,8H,7H2,(H,21,25)(H,23,24). The Hall–Kier alpha value is -3.23. The molecule has 0 saturated carbocycles. The number of nitrogens with zero attached hydrogens (tertiary/aromatic N) is 2. The quantitative estimate of drug-likeness (QED) is 0.761. The fourth-order valence-corrected chi connectivity index (χ4v) is 2.33. The van der Waals surface area contributed by atoms with Crippen molar-refractivity contribution in [2.75, 3.05) is 5.32 Å². The molecule has 3 rings (SSSR count). The van der Waals surface area contributed by atoms with E-state index in [1.807, 2.05) is 0 Å². The summed E-state index contributed by atoms with van der Waals surface area (Å²) in [5.41, 5.74) is 0.776. The normalized spacial score (nSPS) is 11.5. The molecule has 0 fully saturated rings. The predicted molar refractivity (Wildman–Crippen MR) is 84.1 cm³/mol. The third-order valence-corrected chi connectivity index (χ3v) is 3.50. The molecule has 0 aliphatic carbocycles. The molecule has 0 spiro atoms. The van der Waals surface area contributed by atoms with Crippen molar-refractivity contribution in [2.24, 2.45) is 0 Å². The predicted octanol–water partition coefficient (Wildman–Crippen LogP) is 2.41. The van der Waals surface area contributed by atoms with Crippen molar-refractivity contribution < 1.29 is 18.0 Å². The topological polar surface area (TPSA) is 87.7 Å². The highest BCUT2D eigenvalue weighted by molar-refractivity contribution is 5.97. The number of hydrogen-bond acceptors (Lipinski definition) is 4. The van der Waals surface area contributed by atoms with Gasteiger partial charge in [0.15, 0.2) is 0 Å². The van der Waals surface area contributed by atoms with Crippen LogP contribution in [0.4, 0.5) is 18.9 Å². The van der Waals surface area contributed by atoms with Crippen molar-refractivity contribution in [3.63, 3.8) is 0 Å². The molecule has 0 radical (unpaired) electrons. The molecule has 2 heterocycles. The maximum atomic E-state index is 12.3. The molecule has 3 aromatic rings. The van der Waals surface area contributed by atoms with Crippen molar-refractivity contribution in [2.45, 2.75) is 12.6 Å². The van der Waals surface area contributed by atoms with E-state index in [1.54, 1.807) is 29.8 Å². The first-order chi connectivity index (χ1) is 11.8. The number of aromatic amines is 1. The molecule has 1 amide bonds. The summed E-state index contributed by atoms with van der Waals surface area (Å²) in [7, 11) is 0. The first kappa shape index (κ1) is 16.6. The summed E-state index contributed by atoms with van der Waals surface area (Å²) in [5.74, 6) is -2.10. The molecule has 128 valence electrons. The number of halogens is 3. The lowest BCUT2D eigenvalue weighted by atomic mass is 10.0. The van der Waals surface area contributed by atoms with Gasteiger partial charge in [-0.2, -0.15) is 18.3 Å². The Kier molecular flexibility index (Phi) is 4.22. The van der Waals surface area contributed by atoms with E-state index in [1.165, 1.54) is 18.2 Å². The summed E-state index contributed by atoms with van der Waals surface area (Å²) in [4.78, 5) is 26.9. The number of H-pyrrole nitrogens is 1. The first-order valence-electron chi connectivity index (χ1n) is 7.13. The van der Waals surface area contributed by atoms with Gasteiger partial charge in [0, 0.05) is 29.9 Å². The fraction of sp³-hybridized carbons (Fsp3) is 0.125. The highest BCUT2D eigenvalue weighted by Gasteiger charge is 2.38. The van der Waals surface area contributed by atoms with E-state index in [9.17, 15) is 22.8 Å². The molecule has 1 aromatic carbocycles. The number of rotatable bonds is 3. The monoisotopic (exact) mass is 348 g/mol. The van der Waals surface area contributed by atoms with Gasteiger partial charge in [-0.1, -0.05) is 6.07 Å². The second-order valence-corrected chi connectivity index (χ2v) is 5.24. The van der Waals surface area contributed by atoms with E-state index < -0.39 is 17.6 Å². The zero-order valence-electron chi connectivity index (χ0n) is 12.6. The molecular weight excluding hydrogens is 337 g/mol. The average Bonchev–Trinajstić information content (AvgIpc) is 2.58. The minimum Gasteiger partial charge on any atom is -0.318 e. The lowest BCUT2D eigenvalue weighted by Gasteiger charge is -2.10. The van der Waals surface area contributed by atoms with Gasteiger partial charge in [0.25, 0.3) is 5.56 Å². The van der Waals surface area contributed by atoms with Gasteiger partial charge < -0.3 is 5.32 Å². The van der Waals surface area contributed by atoms with Crippen LogP contribution >= 0.6 is 0 Å². The number of aromatic nitrogens is 3. The summed E-state index contributed by atoms with van der Waals surface area (Å²) >= 11 is 0. The van der Waals surface area contributed by atoms with E-state index in [0.29, 0.717) is 17.5 Å². The number of nitrogens with one attached hydrogen (secondary N) is 2. The summed E-state index contributed by atoms with van der Waals surface area (Å²) in [6.45, 7) is 0. The molecule has 2 N–H and O–H groups in total. The van der Waals surface area contributed by atoms with Crippen molar-refractivity contribution in [3.05, 3.63) is 64.3 Å². The molecular formula is C16H11F3N4O2. The molecule has 2 aromatic heterocycles. The lowest BCUT2D eigenvalue weighted by Crippen LogP contribution is -2.30. The van der Waals surface area contributed by atoms with Crippen LogP contribution in [0.15, 0.2) is 47.5 Å². The molecule has 9 heteroatoms. The molecule has 25 heavy (non-hydrogen) atoms. The Morgan fingerprint density at radius 2 is 1.84 bits per heavy atom. The van der Waals surface area contributed by atoms with Gasteiger partial charge in [-0.15, -0.1) is 0 Å². The fourth-order valence-electron chi connectivity index (χ4n) is 2.33. The number of pyridine rings is 1. The number of alkyl halides is 3. The summed E-state index contributed by atoms with van der Waals surface area (Å²) in [6.07, 6.45) is -1.36. The highest BCUT2D eigenvalue weighted by atomic mass is 19.4. The van der Waals surface area contributed by atoms with Gasteiger partial charge >= 0.3 is 12.1 Å². The van der Waals surface area contributed by atoms with E-state index in [-0.39, 0.29) is 11.1 Å². The molecule has 0 aliphatic heterocycles. The maximum Gasteiger partial charge on any atom is 0.471 e. The Bertz CT molecular complexity index is 984. The smallest absolute Gasteiger partial charge is 0.318 e. The third-order valence-electron chi connectivity index (χ3n) is 3.50. The molecule has 0 saturated heterocycles. The zero-order valence-corrected chi connectivity index (χ0v) is 12.6. The van der Waals surface area contributed by atoms with Crippen LogP contribution in [-0.2, 0) is 11.2 Å². The van der Waals surface area contributed by atoms with Gasteiger partial charge in [-0.05, 0) is 29.8 Å². The van der Waals surface area contributed by atoms with E-state index in [2.05, 4.69) is 15.2 Å². The van der Waals surface area contributed by atoms with Crippen LogP contribution in [0.25, 0.3) is 10.8 Å². The second kappa shape index (κ2) is 6.34. The van der Waals surface area contributed by atoms with Crippen LogP contribution in [0.2, 0.25) is 0 Å². The van der Waals surface area contributed by atoms with Crippen LogP contribution in [0.5, 0.6) is 0 Å². The minimum absolute atomic E-state index is 0.124. The molecule has 0 atom stereocenters. The summed E-state index contributed by atoms with van der Waals surface area (Å²) in [5, 5.41) is 8.68. The number of benzene rings is 1. The summed E-state index contributed by atoms with van der Waals surface area (Å²) < 4.78 is 37.0. The van der Waals surface area contributed by atoms with Crippen molar-refractivity contribution >= 4 is 22.4 Å². The average molecular weight is 348 g/mol. The lowest BCUT2D eigenvalue weighted by molar-refractivity contribution is -0.167. The Balaban J connectivity index is 1.99. The Morgan fingerprint density at radius 1 is 1.12 bits per heavy atom. The summed E-state index contributed by atoms with van der Waals surface area (Å²) in [6, 6.07) is 7.52. The van der Waals surface area contributed by atoms with Gasteiger partial charge in [-0.3, -0.25) is 14.6 Å². The Labute approximate surface area is 138 Å². The van der Waals surface area contributed by atoms with Gasteiger partial charge in [0.1, 0.15) is 0 Å². The number of fused-ring (bicyclic) bond motifs is 1. The van der Waals surface area contributed by atoms with Crippen LogP contribution < -0.4 is 10.9 Å². The van der Waals surface area contributed by atoms with Crippen molar-refractivity contribution in [1.82, 2.24) is 15.2 Å². The van der Waals surface area contributed by atoms with Gasteiger partial charge in [0.2, 0.25) is 0 Å². The minimum atomic E-state index is -5.01. The highest BCUT2D eigenvalue weighted by Crippen LogP contribution is 2.22. The zero-order chi connectivity index (χ0) is 18.0. The van der Waals surface area contributed by atoms with E-state index in [0.717, 1.165) is 5.56 Å². The van der Waals surface area contributed by atoms with Gasteiger partial charge in [-0.25, -0.2) is 5.10 Å². The number of hydrogen-bond donors (Lipinski definition) is 2. The number of amides is 1. The van der Waals surface area contributed by atoms with Crippen LogP contribution in [0, 0.1) is 0 Å². The largest absolute Gasteiger partial charge is 0.471 e. The molecule has 0 bridgehead atoms. The van der Waals surface area contributed by atoms with Crippen LogP contribution in [-0.4, -0.2) is 27.3 Å². The Morgan fingerprint density at radius 3 is 2.52 bits per heavy atom. The molecule has 0 aliphatic rings. The van der Waals surface area contributed by atoms with Crippen molar-refractivity contribution in [1.29, 1.82) is 0 Å². The van der Waals surface area contributed by atoms with Crippen LogP contribution in [0.1, 0.15) is 11.3 Å². The number of carbonyl (C=O) groups excluding carboxylic acids is 1. The number of anilines is 1. The van der Waals surface area contributed by atoms with Crippen molar-refractivity contribution in [3.8, 4) is 0 Å². The molecule has 6 nitrogen and oxygen atoms in total. The van der Waals surface area contributed by atoms with Gasteiger partial charge in [0.05, 0.1) is 11.1 Å². The van der Waals surface area contributed by atoms with Crippen LogP contribution in [0.3, 0.4) is 0 Å². The van der Waals surface area contributed by atoms with E-state index in [4.69, 9.17) is 0 Å². The maximum absolute atomic E-state index is 12.3. The SMILES string of the molecule is O=C(Nc1ccc2c(Cc3ccncc3)n[nH]c(=O)c2c1)C(F)(F)F. The first-order valence-corrected chi connectivity index (χ1v) is 7.13. The van der Waals surface area contributed by atoms with E-state index >= 15 is 0 Å². The molecule has 0 unspecified atom stereocenters. The second-order valence-electron chi connectivity index (χ2n) is 5.24.